The molecule has 0 saturated carbocycles. The lowest BCUT2D eigenvalue weighted by Gasteiger charge is -2.30. The molecule has 2 aromatic rings. The van der Waals surface area contributed by atoms with E-state index >= 15 is 0 Å². The standard InChI is InChI=1S/C15H15F3N4/c1-10-2-4-20-21-14(10)22-5-3-13-12(9-22)6-11(8-19-13)7-15(16,17)18/h2,4,6,8H,3,5,7,9H2,1H3. The van der Waals surface area contributed by atoms with Gasteiger partial charge in [0, 0.05) is 31.4 Å². The van der Waals surface area contributed by atoms with Crippen LogP contribution in [0.15, 0.2) is 24.5 Å². The van der Waals surface area contributed by atoms with E-state index in [1.54, 1.807) is 12.3 Å². The van der Waals surface area contributed by atoms with Gasteiger partial charge in [0.05, 0.1) is 12.6 Å². The van der Waals surface area contributed by atoms with Crippen LogP contribution in [0.4, 0.5) is 19.0 Å². The van der Waals surface area contributed by atoms with Crippen molar-refractivity contribution in [1.82, 2.24) is 15.2 Å². The van der Waals surface area contributed by atoms with Crippen LogP contribution >= 0.6 is 0 Å². The highest BCUT2D eigenvalue weighted by Gasteiger charge is 2.29. The number of aromatic nitrogens is 3. The maximum absolute atomic E-state index is 12.5. The second-order valence-corrected chi connectivity index (χ2v) is 5.45. The minimum Gasteiger partial charge on any atom is -0.350 e. The third-order valence-electron chi connectivity index (χ3n) is 3.70. The smallest absolute Gasteiger partial charge is 0.350 e. The average molecular weight is 308 g/mol. The fraction of sp³-hybridized carbons (Fsp3) is 0.400. The first kappa shape index (κ1) is 14.7. The Kier molecular flexibility index (Phi) is 3.72. The van der Waals surface area contributed by atoms with Crippen LogP contribution in [0, 0.1) is 6.92 Å². The van der Waals surface area contributed by atoms with E-state index in [9.17, 15) is 13.2 Å². The molecule has 0 radical (unpaired) electrons. The molecular weight excluding hydrogens is 293 g/mol. The first-order valence-electron chi connectivity index (χ1n) is 6.99. The van der Waals surface area contributed by atoms with Crippen molar-refractivity contribution in [1.29, 1.82) is 0 Å². The van der Waals surface area contributed by atoms with Crippen molar-refractivity contribution in [2.75, 3.05) is 11.4 Å². The molecule has 22 heavy (non-hydrogen) atoms. The zero-order chi connectivity index (χ0) is 15.7. The van der Waals surface area contributed by atoms with Crippen molar-refractivity contribution in [3.05, 3.63) is 46.9 Å². The number of halogens is 3. The van der Waals surface area contributed by atoms with Gasteiger partial charge in [0.25, 0.3) is 0 Å². The summed E-state index contributed by atoms with van der Waals surface area (Å²) in [6, 6.07) is 3.48. The molecule has 1 aliphatic rings. The van der Waals surface area contributed by atoms with Crippen molar-refractivity contribution in [3.8, 4) is 0 Å². The highest BCUT2D eigenvalue weighted by molar-refractivity contribution is 5.47. The summed E-state index contributed by atoms with van der Waals surface area (Å²) < 4.78 is 37.5. The molecule has 4 nitrogen and oxygen atoms in total. The van der Waals surface area contributed by atoms with E-state index in [1.165, 1.54) is 6.20 Å². The number of anilines is 1. The third kappa shape index (κ3) is 3.18. The SMILES string of the molecule is Cc1ccnnc1N1CCc2ncc(CC(F)(F)F)cc2C1. The molecule has 3 rings (SSSR count). The van der Waals surface area contributed by atoms with Crippen LogP contribution in [0.1, 0.15) is 22.4 Å². The largest absolute Gasteiger partial charge is 0.393 e. The number of hydrogen-bond acceptors (Lipinski definition) is 4. The molecule has 7 heteroatoms. The minimum atomic E-state index is -4.22. The molecule has 0 aliphatic carbocycles. The Bertz CT molecular complexity index is 685. The van der Waals surface area contributed by atoms with E-state index in [0.29, 0.717) is 13.0 Å². The van der Waals surface area contributed by atoms with Gasteiger partial charge < -0.3 is 4.90 Å². The van der Waals surface area contributed by atoms with Crippen LogP contribution in [0.2, 0.25) is 0 Å². The summed E-state index contributed by atoms with van der Waals surface area (Å²) in [4.78, 5) is 6.22. The number of hydrogen-bond donors (Lipinski definition) is 0. The average Bonchev–Trinajstić information content (AvgIpc) is 2.45. The second-order valence-electron chi connectivity index (χ2n) is 5.45. The molecule has 0 atom stereocenters. The Morgan fingerprint density at radius 1 is 1.32 bits per heavy atom. The summed E-state index contributed by atoms with van der Waals surface area (Å²) in [5.74, 6) is 0.773. The fourth-order valence-corrected chi connectivity index (χ4v) is 2.68. The summed E-state index contributed by atoms with van der Waals surface area (Å²) in [5, 5.41) is 8.02. The molecule has 0 bridgehead atoms. The van der Waals surface area contributed by atoms with Gasteiger partial charge in [0.1, 0.15) is 0 Å². The molecule has 0 unspecified atom stereocenters. The van der Waals surface area contributed by atoms with Gasteiger partial charge >= 0.3 is 6.18 Å². The zero-order valence-electron chi connectivity index (χ0n) is 12.1. The Morgan fingerprint density at radius 2 is 2.14 bits per heavy atom. The zero-order valence-corrected chi connectivity index (χ0v) is 12.1. The maximum atomic E-state index is 12.5. The molecular formula is C15H15F3N4. The van der Waals surface area contributed by atoms with Crippen LogP contribution in [0.3, 0.4) is 0 Å². The Hall–Kier alpha value is -2.18. The number of pyridine rings is 1. The molecule has 0 saturated heterocycles. The summed E-state index contributed by atoms with van der Waals surface area (Å²) in [7, 11) is 0. The lowest BCUT2D eigenvalue weighted by atomic mass is 10.0. The highest BCUT2D eigenvalue weighted by atomic mass is 19.4. The van der Waals surface area contributed by atoms with E-state index in [2.05, 4.69) is 15.2 Å². The fourth-order valence-electron chi connectivity index (χ4n) is 2.68. The lowest BCUT2D eigenvalue weighted by molar-refractivity contribution is -0.127. The molecule has 2 aromatic heterocycles. The van der Waals surface area contributed by atoms with E-state index in [0.717, 1.165) is 29.2 Å². The van der Waals surface area contributed by atoms with E-state index in [4.69, 9.17) is 0 Å². The van der Waals surface area contributed by atoms with E-state index < -0.39 is 12.6 Å². The number of nitrogens with zero attached hydrogens (tertiary/aromatic N) is 4. The summed E-state index contributed by atoms with van der Waals surface area (Å²) >= 11 is 0. The molecule has 116 valence electrons. The number of aryl methyl sites for hydroxylation is 1. The summed E-state index contributed by atoms with van der Waals surface area (Å²) in [5.41, 5.74) is 2.89. The topological polar surface area (TPSA) is 41.9 Å². The summed E-state index contributed by atoms with van der Waals surface area (Å²) in [6.07, 6.45) is -1.52. The van der Waals surface area contributed by atoms with E-state index in [-0.39, 0.29) is 5.56 Å². The molecule has 0 fully saturated rings. The van der Waals surface area contributed by atoms with Crippen LogP contribution in [0.5, 0.6) is 0 Å². The van der Waals surface area contributed by atoms with Crippen molar-refractivity contribution in [3.63, 3.8) is 0 Å². The maximum Gasteiger partial charge on any atom is 0.393 e. The van der Waals surface area contributed by atoms with Crippen molar-refractivity contribution < 1.29 is 13.2 Å². The molecule has 0 aromatic carbocycles. The molecule has 3 heterocycles. The van der Waals surface area contributed by atoms with Gasteiger partial charge in [-0.05, 0) is 29.7 Å². The quantitative estimate of drug-likeness (QED) is 0.855. The van der Waals surface area contributed by atoms with Crippen molar-refractivity contribution >= 4 is 5.82 Å². The van der Waals surface area contributed by atoms with Gasteiger partial charge in [-0.1, -0.05) is 6.07 Å². The van der Waals surface area contributed by atoms with Crippen LogP contribution in [-0.4, -0.2) is 27.9 Å². The molecule has 1 aliphatic heterocycles. The second kappa shape index (κ2) is 5.55. The highest BCUT2D eigenvalue weighted by Crippen LogP contribution is 2.26. The Balaban J connectivity index is 1.85. The van der Waals surface area contributed by atoms with Gasteiger partial charge in [-0.2, -0.15) is 18.3 Å². The normalized spacial score (nSPS) is 14.8. The van der Waals surface area contributed by atoms with Gasteiger partial charge in [-0.25, -0.2) is 0 Å². The molecule has 0 N–H and O–H groups in total. The predicted octanol–water partition coefficient (Wildman–Crippen LogP) is 2.85. The first-order chi connectivity index (χ1) is 10.4. The Morgan fingerprint density at radius 3 is 2.86 bits per heavy atom. The molecule has 0 spiro atoms. The van der Waals surface area contributed by atoms with Crippen molar-refractivity contribution in [2.45, 2.75) is 32.5 Å². The Labute approximate surface area is 126 Å². The van der Waals surface area contributed by atoms with Crippen LogP contribution in [0.25, 0.3) is 0 Å². The van der Waals surface area contributed by atoms with Gasteiger partial charge in [-0.15, -0.1) is 5.10 Å². The number of rotatable bonds is 2. The number of fused-ring (bicyclic) bond motifs is 1. The number of alkyl halides is 3. The van der Waals surface area contributed by atoms with Crippen LogP contribution < -0.4 is 4.90 Å². The third-order valence-corrected chi connectivity index (χ3v) is 3.70. The van der Waals surface area contributed by atoms with E-state index in [1.807, 2.05) is 17.9 Å². The van der Waals surface area contributed by atoms with Gasteiger partial charge in [0.2, 0.25) is 0 Å². The predicted molar refractivity (Wildman–Crippen MR) is 75.5 cm³/mol. The molecule has 0 amide bonds. The minimum absolute atomic E-state index is 0.198. The first-order valence-corrected chi connectivity index (χ1v) is 6.99. The summed E-state index contributed by atoms with van der Waals surface area (Å²) in [6.45, 7) is 3.18. The van der Waals surface area contributed by atoms with Gasteiger partial charge in [-0.3, -0.25) is 4.98 Å². The van der Waals surface area contributed by atoms with Crippen molar-refractivity contribution in [2.24, 2.45) is 0 Å². The van der Waals surface area contributed by atoms with Crippen LogP contribution in [-0.2, 0) is 19.4 Å². The van der Waals surface area contributed by atoms with Gasteiger partial charge in [0.15, 0.2) is 5.82 Å². The monoisotopic (exact) mass is 308 g/mol. The lowest BCUT2D eigenvalue weighted by Crippen LogP contribution is -2.32.